The molecule has 1 aliphatic heterocycles. The molecule has 1 N–H and O–H groups in total. The summed E-state index contributed by atoms with van der Waals surface area (Å²) >= 11 is 0. The van der Waals surface area contributed by atoms with E-state index in [2.05, 4.69) is 0 Å². The summed E-state index contributed by atoms with van der Waals surface area (Å²) in [6.07, 6.45) is 3.03. The molecule has 0 spiro atoms. The third kappa shape index (κ3) is 4.04. The topological polar surface area (TPSA) is 38.7 Å². The van der Waals surface area contributed by atoms with Crippen molar-refractivity contribution in [1.82, 2.24) is 0 Å². The van der Waals surface area contributed by atoms with Gasteiger partial charge in [0.05, 0.1) is 19.8 Å². The van der Waals surface area contributed by atoms with Crippen LogP contribution in [0.15, 0.2) is 0 Å². The molecule has 0 aliphatic carbocycles. The molecule has 1 aliphatic rings. The lowest BCUT2D eigenvalue weighted by Gasteiger charge is -2.25. The van der Waals surface area contributed by atoms with Crippen molar-refractivity contribution in [3.8, 4) is 0 Å². The smallest absolute Gasteiger partial charge is 0.0538 e. The molecule has 0 unspecified atom stereocenters. The Kier molecular flexibility index (Phi) is 5.32. The SMILES string of the molecule is OCCCCCOCC1COC1. The van der Waals surface area contributed by atoms with Gasteiger partial charge < -0.3 is 14.6 Å². The van der Waals surface area contributed by atoms with E-state index < -0.39 is 0 Å². The molecule has 0 radical (unpaired) electrons. The maximum Gasteiger partial charge on any atom is 0.0538 e. The second-order valence-electron chi connectivity index (χ2n) is 3.26. The van der Waals surface area contributed by atoms with E-state index in [0.29, 0.717) is 12.5 Å². The van der Waals surface area contributed by atoms with Gasteiger partial charge in [-0.2, -0.15) is 0 Å². The van der Waals surface area contributed by atoms with Crippen molar-refractivity contribution >= 4 is 0 Å². The molecule has 3 heteroatoms. The summed E-state index contributed by atoms with van der Waals surface area (Å²) in [5.74, 6) is 0.642. The van der Waals surface area contributed by atoms with Gasteiger partial charge in [0.2, 0.25) is 0 Å². The van der Waals surface area contributed by atoms with Crippen LogP contribution in [0.4, 0.5) is 0 Å². The second-order valence-corrected chi connectivity index (χ2v) is 3.26. The molecule has 0 aromatic rings. The lowest BCUT2D eigenvalue weighted by Crippen LogP contribution is -2.31. The van der Waals surface area contributed by atoms with E-state index in [1.54, 1.807) is 0 Å². The first kappa shape index (κ1) is 9.96. The largest absolute Gasteiger partial charge is 0.396 e. The molecule has 3 nitrogen and oxygen atoms in total. The van der Waals surface area contributed by atoms with Crippen LogP contribution >= 0.6 is 0 Å². The van der Waals surface area contributed by atoms with Crippen molar-refractivity contribution in [3.63, 3.8) is 0 Å². The molecule has 0 saturated carbocycles. The molecule has 0 atom stereocenters. The minimum absolute atomic E-state index is 0.302. The predicted molar refractivity (Wildman–Crippen MR) is 46.1 cm³/mol. The monoisotopic (exact) mass is 174 g/mol. The van der Waals surface area contributed by atoms with E-state index in [0.717, 1.165) is 45.7 Å². The summed E-state index contributed by atoms with van der Waals surface area (Å²) in [5.41, 5.74) is 0. The van der Waals surface area contributed by atoms with Crippen LogP contribution in [0.5, 0.6) is 0 Å². The summed E-state index contributed by atoms with van der Waals surface area (Å²) in [6.45, 7) is 3.72. The third-order valence-corrected chi connectivity index (χ3v) is 2.01. The Balaban J connectivity index is 1.70. The molecule has 1 saturated heterocycles. The van der Waals surface area contributed by atoms with Crippen LogP contribution in [0.1, 0.15) is 19.3 Å². The highest BCUT2D eigenvalue weighted by molar-refractivity contribution is 4.63. The molecule has 12 heavy (non-hydrogen) atoms. The number of hydrogen-bond donors (Lipinski definition) is 1. The van der Waals surface area contributed by atoms with E-state index in [1.165, 1.54) is 0 Å². The highest BCUT2D eigenvalue weighted by atomic mass is 16.5. The molecular weight excluding hydrogens is 156 g/mol. The second kappa shape index (κ2) is 6.40. The Morgan fingerprint density at radius 1 is 1.25 bits per heavy atom. The molecule has 1 rings (SSSR count). The van der Waals surface area contributed by atoms with Gasteiger partial charge in [0, 0.05) is 19.1 Å². The normalized spacial score (nSPS) is 17.8. The average Bonchev–Trinajstić information content (AvgIpc) is 2.00. The van der Waals surface area contributed by atoms with E-state index in [-0.39, 0.29) is 0 Å². The van der Waals surface area contributed by atoms with Crippen LogP contribution in [0.25, 0.3) is 0 Å². The summed E-state index contributed by atoms with van der Waals surface area (Å²) in [5, 5.41) is 8.50. The van der Waals surface area contributed by atoms with Gasteiger partial charge in [0.15, 0.2) is 0 Å². The van der Waals surface area contributed by atoms with Crippen molar-refractivity contribution in [1.29, 1.82) is 0 Å². The minimum atomic E-state index is 0.302. The van der Waals surface area contributed by atoms with E-state index in [4.69, 9.17) is 14.6 Å². The number of hydrogen-bond acceptors (Lipinski definition) is 3. The Morgan fingerprint density at radius 3 is 2.67 bits per heavy atom. The van der Waals surface area contributed by atoms with Gasteiger partial charge in [-0.15, -0.1) is 0 Å². The lowest BCUT2D eigenvalue weighted by molar-refractivity contribution is -0.0718. The molecular formula is C9H18O3. The van der Waals surface area contributed by atoms with Gasteiger partial charge in [0.1, 0.15) is 0 Å². The molecule has 0 aromatic heterocycles. The number of ether oxygens (including phenoxy) is 2. The van der Waals surface area contributed by atoms with Gasteiger partial charge in [-0.1, -0.05) is 0 Å². The van der Waals surface area contributed by atoms with Crippen molar-refractivity contribution in [2.24, 2.45) is 5.92 Å². The van der Waals surface area contributed by atoms with Gasteiger partial charge in [-0.25, -0.2) is 0 Å². The fourth-order valence-electron chi connectivity index (χ4n) is 1.12. The van der Waals surface area contributed by atoms with Crippen molar-refractivity contribution in [2.45, 2.75) is 19.3 Å². The number of rotatable bonds is 7. The Labute approximate surface area is 73.7 Å². The zero-order chi connectivity index (χ0) is 8.65. The van der Waals surface area contributed by atoms with E-state index in [1.807, 2.05) is 0 Å². The zero-order valence-corrected chi connectivity index (χ0v) is 7.50. The predicted octanol–water partition coefficient (Wildman–Crippen LogP) is 0.812. The summed E-state index contributed by atoms with van der Waals surface area (Å²) in [4.78, 5) is 0. The van der Waals surface area contributed by atoms with E-state index >= 15 is 0 Å². The Bertz CT molecular complexity index is 102. The van der Waals surface area contributed by atoms with Gasteiger partial charge in [-0.3, -0.25) is 0 Å². The quantitative estimate of drug-likeness (QED) is 0.580. The summed E-state index contributed by atoms with van der Waals surface area (Å²) in [7, 11) is 0. The lowest BCUT2D eigenvalue weighted by atomic mass is 10.1. The molecule has 1 heterocycles. The first-order chi connectivity index (χ1) is 5.93. The van der Waals surface area contributed by atoms with Crippen LogP contribution in [0, 0.1) is 5.92 Å². The zero-order valence-electron chi connectivity index (χ0n) is 7.50. The highest BCUT2D eigenvalue weighted by Gasteiger charge is 2.17. The fourth-order valence-corrected chi connectivity index (χ4v) is 1.12. The van der Waals surface area contributed by atoms with Crippen molar-refractivity contribution in [2.75, 3.05) is 33.0 Å². The Morgan fingerprint density at radius 2 is 2.08 bits per heavy atom. The molecule has 0 aromatic carbocycles. The maximum atomic E-state index is 8.50. The number of unbranched alkanes of at least 4 members (excludes halogenated alkanes) is 2. The maximum absolute atomic E-state index is 8.50. The van der Waals surface area contributed by atoms with Crippen molar-refractivity contribution < 1.29 is 14.6 Å². The first-order valence-corrected chi connectivity index (χ1v) is 4.70. The van der Waals surface area contributed by atoms with Crippen molar-refractivity contribution in [3.05, 3.63) is 0 Å². The van der Waals surface area contributed by atoms with Gasteiger partial charge >= 0.3 is 0 Å². The minimum Gasteiger partial charge on any atom is -0.396 e. The summed E-state index contributed by atoms with van der Waals surface area (Å²) < 4.78 is 10.4. The Hall–Kier alpha value is -0.120. The van der Waals surface area contributed by atoms with Gasteiger partial charge in [-0.05, 0) is 19.3 Å². The van der Waals surface area contributed by atoms with Crippen LogP contribution in [-0.2, 0) is 9.47 Å². The average molecular weight is 174 g/mol. The van der Waals surface area contributed by atoms with Gasteiger partial charge in [0.25, 0.3) is 0 Å². The number of aliphatic hydroxyl groups is 1. The van der Waals surface area contributed by atoms with Crippen LogP contribution < -0.4 is 0 Å². The van der Waals surface area contributed by atoms with Crippen LogP contribution in [0.2, 0.25) is 0 Å². The van der Waals surface area contributed by atoms with E-state index in [9.17, 15) is 0 Å². The fraction of sp³-hybridized carbons (Fsp3) is 1.00. The molecule has 72 valence electrons. The molecule has 0 bridgehead atoms. The molecule has 1 fully saturated rings. The van der Waals surface area contributed by atoms with Crippen LogP contribution in [-0.4, -0.2) is 38.1 Å². The number of aliphatic hydroxyl groups excluding tert-OH is 1. The van der Waals surface area contributed by atoms with Crippen LogP contribution in [0.3, 0.4) is 0 Å². The highest BCUT2D eigenvalue weighted by Crippen LogP contribution is 2.09. The standard InChI is InChI=1S/C9H18O3/c10-4-2-1-3-5-11-6-9-7-12-8-9/h9-10H,1-8H2. The third-order valence-electron chi connectivity index (χ3n) is 2.01. The first-order valence-electron chi connectivity index (χ1n) is 4.70. The summed E-state index contributed by atoms with van der Waals surface area (Å²) in [6, 6.07) is 0. The molecule has 0 amide bonds.